The normalized spacial score (nSPS) is 23.6. The van der Waals surface area contributed by atoms with E-state index in [9.17, 15) is 0 Å². The maximum atomic E-state index is 2.52. The number of hydrogen-bond donors (Lipinski definition) is 0. The van der Waals surface area contributed by atoms with Crippen LogP contribution >= 0.6 is 0 Å². The van der Waals surface area contributed by atoms with Crippen LogP contribution in [0.5, 0.6) is 0 Å². The molecule has 10 rings (SSSR count). The Bertz CT molecular complexity index is 2840. The van der Waals surface area contributed by atoms with Crippen molar-refractivity contribution >= 4 is 16.9 Å². The van der Waals surface area contributed by atoms with Crippen molar-refractivity contribution in [3.8, 4) is 11.1 Å². The van der Waals surface area contributed by atoms with E-state index >= 15 is 0 Å². The van der Waals surface area contributed by atoms with Gasteiger partial charge in [0, 0.05) is 34.3 Å². The molecular formula is C60H53N. The second-order valence-corrected chi connectivity index (χ2v) is 17.4. The van der Waals surface area contributed by atoms with Crippen molar-refractivity contribution < 1.29 is 0 Å². The van der Waals surface area contributed by atoms with Crippen LogP contribution in [0.25, 0.3) is 16.7 Å². The van der Waals surface area contributed by atoms with Crippen molar-refractivity contribution in [3.63, 3.8) is 0 Å². The molecule has 5 aromatic carbocycles. The highest BCUT2D eigenvalue weighted by Gasteiger charge is 2.47. The second-order valence-electron chi connectivity index (χ2n) is 17.4. The van der Waals surface area contributed by atoms with Crippen molar-refractivity contribution in [2.75, 3.05) is 4.90 Å². The topological polar surface area (TPSA) is 3.24 Å². The largest absolute Gasteiger partial charge is 0.311 e. The van der Waals surface area contributed by atoms with Crippen molar-refractivity contribution in [3.05, 3.63) is 268 Å². The van der Waals surface area contributed by atoms with Gasteiger partial charge in [0.15, 0.2) is 0 Å². The van der Waals surface area contributed by atoms with Crippen LogP contribution in [0.2, 0.25) is 0 Å². The van der Waals surface area contributed by atoms with Crippen molar-refractivity contribution in [1.82, 2.24) is 0 Å². The van der Waals surface area contributed by atoms with Gasteiger partial charge < -0.3 is 4.90 Å². The van der Waals surface area contributed by atoms with E-state index in [0.29, 0.717) is 11.8 Å². The molecule has 3 unspecified atom stereocenters. The second kappa shape index (κ2) is 15.7. The van der Waals surface area contributed by atoms with Gasteiger partial charge in [-0.15, -0.1) is 0 Å². The van der Waals surface area contributed by atoms with Gasteiger partial charge >= 0.3 is 0 Å². The molecule has 5 aliphatic carbocycles. The first-order chi connectivity index (χ1) is 29.9. The minimum absolute atomic E-state index is 0.0604. The summed E-state index contributed by atoms with van der Waals surface area (Å²) in [6.07, 6.45) is 35.9. The minimum Gasteiger partial charge on any atom is -0.311 e. The Balaban J connectivity index is 1.13. The van der Waals surface area contributed by atoms with Crippen molar-refractivity contribution in [2.24, 2.45) is 5.92 Å². The Labute approximate surface area is 362 Å². The third-order valence-electron chi connectivity index (χ3n) is 13.8. The molecule has 3 atom stereocenters. The van der Waals surface area contributed by atoms with Crippen LogP contribution < -0.4 is 4.90 Å². The van der Waals surface area contributed by atoms with Gasteiger partial charge in [-0.25, -0.2) is 0 Å². The smallest absolute Gasteiger partial charge is 0.0711 e. The molecule has 0 heterocycles. The molecule has 0 saturated carbocycles. The molecule has 0 amide bonds. The summed E-state index contributed by atoms with van der Waals surface area (Å²) in [7, 11) is 0. The van der Waals surface area contributed by atoms with Gasteiger partial charge in [-0.2, -0.15) is 0 Å². The third kappa shape index (κ3) is 6.38. The molecule has 0 bridgehead atoms. The van der Waals surface area contributed by atoms with Gasteiger partial charge in [0.1, 0.15) is 0 Å². The third-order valence-corrected chi connectivity index (χ3v) is 13.8. The Morgan fingerprint density at radius 3 is 2.21 bits per heavy atom. The van der Waals surface area contributed by atoms with Gasteiger partial charge in [0.25, 0.3) is 0 Å². The summed E-state index contributed by atoms with van der Waals surface area (Å²) < 4.78 is 0. The summed E-state index contributed by atoms with van der Waals surface area (Å²) in [4.78, 5) is 2.52. The zero-order valence-electron chi connectivity index (χ0n) is 35.7. The molecular weight excluding hydrogens is 735 g/mol. The van der Waals surface area contributed by atoms with E-state index in [0.717, 1.165) is 24.2 Å². The Hall–Kier alpha value is -6.70. The number of nitrogens with zero attached hydrogens (tertiary/aromatic N) is 1. The number of allylic oxidation sites excluding steroid dienone is 19. The van der Waals surface area contributed by atoms with Crippen LogP contribution in [0.15, 0.2) is 235 Å². The number of hydrogen-bond acceptors (Lipinski definition) is 1. The molecule has 5 aliphatic rings. The number of fused-ring (bicyclic) bond motifs is 7. The molecule has 1 nitrogen and oxygen atoms in total. The van der Waals surface area contributed by atoms with E-state index < -0.39 is 5.41 Å². The molecule has 0 N–H and O–H groups in total. The fourth-order valence-electron chi connectivity index (χ4n) is 10.9. The first kappa shape index (κ1) is 38.5. The lowest BCUT2D eigenvalue weighted by Gasteiger charge is -2.36. The highest BCUT2D eigenvalue weighted by Crippen LogP contribution is 2.58. The predicted molar refractivity (Wildman–Crippen MR) is 259 cm³/mol. The molecule has 0 aliphatic heterocycles. The number of anilines is 2. The average molecular weight is 788 g/mol. The fraction of sp³-hybridized carbons (Fsp3) is 0.167. The highest BCUT2D eigenvalue weighted by atomic mass is 15.1. The molecule has 61 heavy (non-hydrogen) atoms. The summed E-state index contributed by atoms with van der Waals surface area (Å²) in [5.74, 6) is 0.726. The molecule has 0 aromatic heterocycles. The van der Waals surface area contributed by atoms with Crippen molar-refractivity contribution in [1.29, 1.82) is 0 Å². The van der Waals surface area contributed by atoms with Gasteiger partial charge in [-0.3, -0.25) is 0 Å². The predicted octanol–water partition coefficient (Wildman–Crippen LogP) is 15.5. The van der Waals surface area contributed by atoms with Gasteiger partial charge in [0.2, 0.25) is 0 Å². The van der Waals surface area contributed by atoms with Gasteiger partial charge in [-0.05, 0) is 118 Å². The van der Waals surface area contributed by atoms with E-state index in [1.807, 2.05) is 0 Å². The van der Waals surface area contributed by atoms with Crippen LogP contribution in [-0.4, -0.2) is 0 Å². The molecule has 0 saturated heterocycles. The van der Waals surface area contributed by atoms with Gasteiger partial charge in [-0.1, -0.05) is 202 Å². The standard InChI is InChI=1S/C60H53N/c1-5-20-46(6-2)60(47-23-14-11-15-24-47)56-28-19-17-26-52(56)54-38-36-50(41-58(54)60)61(49-35-37-53-51-25-16-18-27-55(51)59(3,4)57(53)40-49)48-33-31-43(32-34-48)45-30-29-42-21-12-9-7-8-10-13-22-44(42)39-45/h5-21,23-36,38-41,44,53H,22,37H2,1-4H3/b8-7-,12-9-,13-10+,20-5-,42-21?,46-6+. The average Bonchev–Trinajstić information content (AvgIpc) is 3.72. The summed E-state index contributed by atoms with van der Waals surface area (Å²) in [6, 6.07) is 45.8. The van der Waals surface area contributed by atoms with Gasteiger partial charge in [0.05, 0.1) is 5.41 Å². The minimum atomic E-state index is -0.483. The Morgan fingerprint density at radius 2 is 1.39 bits per heavy atom. The number of benzene rings is 5. The van der Waals surface area contributed by atoms with Crippen LogP contribution in [0.3, 0.4) is 0 Å². The lowest BCUT2D eigenvalue weighted by molar-refractivity contribution is 0.609. The fourth-order valence-corrected chi connectivity index (χ4v) is 10.9. The van der Waals surface area contributed by atoms with Crippen LogP contribution in [-0.2, 0) is 10.8 Å². The monoisotopic (exact) mass is 787 g/mol. The molecule has 0 fully saturated rings. The van der Waals surface area contributed by atoms with E-state index in [-0.39, 0.29) is 5.41 Å². The summed E-state index contributed by atoms with van der Waals surface area (Å²) in [6.45, 7) is 9.14. The molecule has 0 spiro atoms. The Morgan fingerprint density at radius 1 is 0.672 bits per heavy atom. The first-order valence-corrected chi connectivity index (χ1v) is 22.0. The first-order valence-electron chi connectivity index (χ1n) is 22.0. The van der Waals surface area contributed by atoms with Crippen LogP contribution in [0.4, 0.5) is 11.4 Å². The van der Waals surface area contributed by atoms with E-state index in [2.05, 4.69) is 245 Å². The summed E-state index contributed by atoms with van der Waals surface area (Å²) >= 11 is 0. The van der Waals surface area contributed by atoms with E-state index in [4.69, 9.17) is 0 Å². The molecule has 1 heteroatoms. The van der Waals surface area contributed by atoms with Crippen LogP contribution in [0.1, 0.15) is 79.8 Å². The lowest BCUT2D eigenvalue weighted by atomic mass is 9.67. The van der Waals surface area contributed by atoms with Crippen LogP contribution in [0, 0.1) is 5.92 Å². The van der Waals surface area contributed by atoms with E-state index in [1.165, 1.54) is 72.5 Å². The summed E-state index contributed by atoms with van der Waals surface area (Å²) in [5, 5.41) is 0. The highest BCUT2D eigenvalue weighted by molar-refractivity contribution is 5.89. The van der Waals surface area contributed by atoms with E-state index in [1.54, 1.807) is 0 Å². The maximum absolute atomic E-state index is 2.52. The lowest BCUT2D eigenvalue weighted by Crippen LogP contribution is -2.29. The summed E-state index contributed by atoms with van der Waals surface area (Å²) in [5.41, 5.74) is 19.0. The zero-order valence-corrected chi connectivity index (χ0v) is 35.7. The number of rotatable bonds is 7. The maximum Gasteiger partial charge on any atom is 0.0711 e. The molecule has 298 valence electrons. The quantitative estimate of drug-likeness (QED) is 0.149. The SMILES string of the molecule is C/C=C\C(=C/C)C1(c2ccccc2)c2ccccc2-c2ccc(N(C3=CCC4C(=C3)C(C)(C)c3ccccc34)c3ccc(C4=CC5C/C=C/C=C\C=C/C=C5C=C4)cc3)cc21. The van der Waals surface area contributed by atoms with Crippen molar-refractivity contribution in [2.45, 2.75) is 57.3 Å². The Kier molecular flexibility index (Phi) is 9.92. The molecule has 5 aromatic rings. The zero-order chi connectivity index (χ0) is 41.6. The molecule has 0 radical (unpaired) electrons.